The van der Waals surface area contributed by atoms with Crippen molar-refractivity contribution in [3.8, 4) is 0 Å². The first kappa shape index (κ1) is 12.2. The maximum Gasteiger partial charge on any atom is 0.0509 e. The summed E-state index contributed by atoms with van der Waals surface area (Å²) >= 11 is 0. The van der Waals surface area contributed by atoms with E-state index in [1.54, 1.807) is 11.1 Å². The Labute approximate surface area is 110 Å². The number of rotatable bonds is 3. The molecule has 98 valence electrons. The molecular weight excluding hydrogens is 222 g/mol. The van der Waals surface area contributed by atoms with Gasteiger partial charge in [0.05, 0.1) is 6.61 Å². The molecule has 2 heteroatoms. The molecule has 1 N–H and O–H groups in total. The van der Waals surface area contributed by atoms with Crippen LogP contribution in [0, 0.1) is 5.92 Å². The second-order valence-electron chi connectivity index (χ2n) is 5.64. The first-order valence-electron chi connectivity index (χ1n) is 7.23. The van der Waals surface area contributed by atoms with Gasteiger partial charge in [0.2, 0.25) is 0 Å². The van der Waals surface area contributed by atoms with Gasteiger partial charge in [-0.2, -0.15) is 0 Å². The lowest BCUT2D eigenvalue weighted by atomic mass is 9.82. The molecule has 1 aliphatic heterocycles. The van der Waals surface area contributed by atoms with E-state index in [1.165, 1.54) is 25.7 Å². The summed E-state index contributed by atoms with van der Waals surface area (Å²) < 4.78 is 5.67. The summed E-state index contributed by atoms with van der Waals surface area (Å²) in [4.78, 5) is 0. The van der Waals surface area contributed by atoms with E-state index in [4.69, 9.17) is 4.74 Å². The van der Waals surface area contributed by atoms with Gasteiger partial charge >= 0.3 is 0 Å². The van der Waals surface area contributed by atoms with Crippen molar-refractivity contribution in [2.45, 2.75) is 37.6 Å². The van der Waals surface area contributed by atoms with Gasteiger partial charge in [0, 0.05) is 18.6 Å². The van der Waals surface area contributed by atoms with Gasteiger partial charge in [-0.3, -0.25) is 0 Å². The molecular formula is C16H23NO. The summed E-state index contributed by atoms with van der Waals surface area (Å²) in [5.74, 6) is 1.36. The largest absolute Gasteiger partial charge is 0.381 e. The summed E-state index contributed by atoms with van der Waals surface area (Å²) in [6, 6.07) is 9.54. The van der Waals surface area contributed by atoms with Crippen molar-refractivity contribution in [1.29, 1.82) is 0 Å². The van der Waals surface area contributed by atoms with Crippen LogP contribution in [-0.4, -0.2) is 26.3 Å². The highest BCUT2D eigenvalue weighted by Gasteiger charge is 2.34. The fourth-order valence-corrected chi connectivity index (χ4v) is 3.78. The van der Waals surface area contributed by atoms with Gasteiger partial charge < -0.3 is 10.1 Å². The first-order chi connectivity index (χ1) is 8.90. The highest BCUT2D eigenvalue weighted by Crippen LogP contribution is 2.38. The Balaban J connectivity index is 1.80. The fraction of sp³-hybridized carbons (Fsp3) is 0.625. The predicted octanol–water partition coefficient (Wildman–Crippen LogP) is 2.73. The van der Waals surface area contributed by atoms with E-state index in [0.717, 1.165) is 13.2 Å². The van der Waals surface area contributed by atoms with Crippen LogP contribution in [0.2, 0.25) is 0 Å². The zero-order chi connectivity index (χ0) is 12.4. The molecule has 3 unspecified atom stereocenters. The predicted molar refractivity (Wildman–Crippen MR) is 73.9 cm³/mol. The average Bonchev–Trinajstić information content (AvgIpc) is 2.85. The Hall–Kier alpha value is -0.860. The lowest BCUT2D eigenvalue weighted by molar-refractivity contribution is 0.0360. The second kappa shape index (κ2) is 5.41. The lowest BCUT2D eigenvalue weighted by Gasteiger charge is -2.34. The molecule has 0 bridgehead atoms. The summed E-state index contributed by atoms with van der Waals surface area (Å²) in [6.07, 6.45) is 5.06. The molecule has 0 aromatic heterocycles. The van der Waals surface area contributed by atoms with Crippen molar-refractivity contribution in [1.82, 2.24) is 5.32 Å². The molecule has 1 aliphatic carbocycles. The number of ether oxygens (including phenoxy) is 1. The van der Waals surface area contributed by atoms with E-state index in [9.17, 15) is 0 Å². The summed E-state index contributed by atoms with van der Waals surface area (Å²) in [5.41, 5.74) is 3.13. The number of fused-ring (bicyclic) bond motifs is 1. The minimum atomic E-state index is 0.578. The van der Waals surface area contributed by atoms with Gasteiger partial charge in [-0.25, -0.2) is 0 Å². The van der Waals surface area contributed by atoms with E-state index >= 15 is 0 Å². The van der Waals surface area contributed by atoms with Crippen LogP contribution in [-0.2, 0) is 11.2 Å². The van der Waals surface area contributed by atoms with Crippen LogP contribution >= 0.6 is 0 Å². The Morgan fingerprint density at radius 3 is 2.94 bits per heavy atom. The van der Waals surface area contributed by atoms with Gasteiger partial charge in [-0.1, -0.05) is 24.3 Å². The molecule has 2 aliphatic rings. The topological polar surface area (TPSA) is 21.3 Å². The zero-order valence-corrected chi connectivity index (χ0v) is 11.2. The number of hydrogen-bond donors (Lipinski definition) is 1. The van der Waals surface area contributed by atoms with Crippen molar-refractivity contribution in [2.75, 3.05) is 20.3 Å². The van der Waals surface area contributed by atoms with E-state index in [1.807, 2.05) is 0 Å². The molecule has 1 aromatic carbocycles. The van der Waals surface area contributed by atoms with Gasteiger partial charge in [0.1, 0.15) is 0 Å². The number of likely N-dealkylation sites (N-methyl/N-ethyl adjacent to an activating group) is 1. The smallest absolute Gasteiger partial charge is 0.0509 e. The minimum absolute atomic E-state index is 0.578. The van der Waals surface area contributed by atoms with Crippen molar-refractivity contribution in [3.05, 3.63) is 35.4 Å². The van der Waals surface area contributed by atoms with Crippen LogP contribution in [0.15, 0.2) is 24.3 Å². The zero-order valence-electron chi connectivity index (χ0n) is 11.2. The molecule has 0 spiro atoms. The maximum absolute atomic E-state index is 5.67. The Morgan fingerprint density at radius 2 is 2.17 bits per heavy atom. The van der Waals surface area contributed by atoms with Crippen molar-refractivity contribution >= 4 is 0 Å². The normalized spacial score (nSPS) is 28.9. The van der Waals surface area contributed by atoms with Crippen molar-refractivity contribution in [2.24, 2.45) is 5.92 Å². The molecule has 0 radical (unpaired) electrons. The van der Waals surface area contributed by atoms with Crippen LogP contribution < -0.4 is 5.32 Å². The third kappa shape index (κ3) is 2.19. The average molecular weight is 245 g/mol. The molecule has 2 nitrogen and oxygen atoms in total. The van der Waals surface area contributed by atoms with Gasteiger partial charge in [-0.15, -0.1) is 0 Å². The van der Waals surface area contributed by atoms with Crippen LogP contribution in [0.3, 0.4) is 0 Å². The summed E-state index contributed by atoms with van der Waals surface area (Å²) in [7, 11) is 2.11. The molecule has 1 aromatic rings. The molecule has 3 rings (SSSR count). The van der Waals surface area contributed by atoms with Gasteiger partial charge in [0.15, 0.2) is 0 Å². The number of nitrogens with one attached hydrogen (secondary N) is 1. The molecule has 1 heterocycles. The maximum atomic E-state index is 5.67. The first-order valence-corrected chi connectivity index (χ1v) is 7.23. The molecule has 0 saturated carbocycles. The third-order valence-electron chi connectivity index (χ3n) is 4.65. The molecule has 1 fully saturated rings. The highest BCUT2D eigenvalue weighted by atomic mass is 16.5. The van der Waals surface area contributed by atoms with E-state index in [2.05, 4.69) is 36.6 Å². The Morgan fingerprint density at radius 1 is 1.28 bits per heavy atom. The van der Waals surface area contributed by atoms with E-state index in [-0.39, 0.29) is 0 Å². The van der Waals surface area contributed by atoms with Crippen molar-refractivity contribution in [3.63, 3.8) is 0 Å². The number of hydrogen-bond acceptors (Lipinski definition) is 2. The second-order valence-corrected chi connectivity index (χ2v) is 5.64. The molecule has 1 saturated heterocycles. The molecule has 18 heavy (non-hydrogen) atoms. The minimum Gasteiger partial charge on any atom is -0.381 e. The standard InChI is InChI=1S/C16H23NO/c1-17-16(13-6-4-10-18-11-13)15-9-8-12-5-2-3-7-14(12)15/h2-3,5,7,13,15-17H,4,6,8-11H2,1H3. The molecule has 0 amide bonds. The van der Waals surface area contributed by atoms with Gasteiger partial charge in [-0.05, 0) is 49.8 Å². The monoisotopic (exact) mass is 245 g/mol. The summed E-state index contributed by atoms with van der Waals surface area (Å²) in [5, 5.41) is 3.57. The van der Waals surface area contributed by atoms with Crippen LogP contribution in [0.25, 0.3) is 0 Å². The van der Waals surface area contributed by atoms with Gasteiger partial charge in [0.25, 0.3) is 0 Å². The Kier molecular flexibility index (Phi) is 3.67. The summed E-state index contributed by atoms with van der Waals surface area (Å²) in [6.45, 7) is 1.89. The van der Waals surface area contributed by atoms with E-state index < -0.39 is 0 Å². The number of aryl methyl sites for hydroxylation is 1. The lowest BCUT2D eigenvalue weighted by Crippen LogP contribution is -2.42. The Bertz CT molecular complexity index is 398. The van der Waals surface area contributed by atoms with Crippen LogP contribution in [0.4, 0.5) is 0 Å². The number of benzene rings is 1. The van der Waals surface area contributed by atoms with Crippen molar-refractivity contribution < 1.29 is 4.74 Å². The van der Waals surface area contributed by atoms with Crippen LogP contribution in [0.1, 0.15) is 36.3 Å². The third-order valence-corrected chi connectivity index (χ3v) is 4.65. The SMILES string of the molecule is CNC(C1CCCOC1)C1CCc2ccccc21. The fourth-order valence-electron chi connectivity index (χ4n) is 3.78. The quantitative estimate of drug-likeness (QED) is 0.884. The molecule has 3 atom stereocenters. The highest BCUT2D eigenvalue weighted by molar-refractivity contribution is 5.36. The van der Waals surface area contributed by atoms with Crippen LogP contribution in [0.5, 0.6) is 0 Å². The van der Waals surface area contributed by atoms with E-state index in [0.29, 0.717) is 17.9 Å².